The lowest BCUT2D eigenvalue weighted by Crippen LogP contribution is -2.29. The fraction of sp³-hybridized carbons (Fsp3) is 0.0840. The molecule has 2 atom stereocenters. The molecule has 20 aromatic carbocycles. The van der Waals surface area contributed by atoms with Crippen molar-refractivity contribution >= 4 is 34.1 Å². The highest BCUT2D eigenvalue weighted by Crippen LogP contribution is 2.67. The largest absolute Gasteiger partial charge is 0.449 e. The molecular formula is C131H94N2O4. The Kier molecular flexibility index (Phi) is 18.4. The molecule has 0 aromatic heterocycles. The Morgan fingerprint density at radius 3 is 0.774 bits per heavy atom. The first kappa shape index (κ1) is 81.0. The van der Waals surface area contributed by atoms with Gasteiger partial charge >= 0.3 is 0 Å². The van der Waals surface area contributed by atoms with Crippen molar-refractivity contribution in [2.45, 2.75) is 68.6 Å². The van der Waals surface area contributed by atoms with Gasteiger partial charge in [0.15, 0.2) is 46.0 Å². The van der Waals surface area contributed by atoms with Gasteiger partial charge in [-0.1, -0.05) is 393 Å². The predicted octanol–water partition coefficient (Wildman–Crippen LogP) is 34.8. The smallest absolute Gasteiger partial charge is 0.178 e. The lowest BCUT2D eigenvalue weighted by atomic mass is 9.66. The molecule has 0 bridgehead atoms. The van der Waals surface area contributed by atoms with Gasteiger partial charge in [0.2, 0.25) is 0 Å². The molecular weight excluding hydrogens is 1670 g/mol. The molecule has 0 radical (unpaired) electrons. The summed E-state index contributed by atoms with van der Waals surface area (Å²) in [6.45, 7) is 14.3. The zero-order valence-electron chi connectivity index (χ0n) is 76.9. The first-order valence-electron chi connectivity index (χ1n) is 47.6. The van der Waals surface area contributed by atoms with Crippen LogP contribution in [0.3, 0.4) is 0 Å². The molecule has 27 rings (SSSR count). The summed E-state index contributed by atoms with van der Waals surface area (Å²) in [5, 5.41) is 0. The number of benzene rings is 20. The van der Waals surface area contributed by atoms with Crippen LogP contribution in [0.2, 0.25) is 0 Å². The maximum Gasteiger partial charge on any atom is 0.178 e. The van der Waals surface area contributed by atoms with Gasteiger partial charge in [-0.25, -0.2) is 0 Å². The lowest BCUT2D eigenvalue weighted by molar-refractivity contribution is 0.360. The van der Waals surface area contributed by atoms with Crippen LogP contribution in [0.25, 0.3) is 89.0 Å². The molecule has 652 valence electrons. The highest BCUT2D eigenvalue weighted by molar-refractivity contribution is 5.97. The van der Waals surface area contributed by atoms with Gasteiger partial charge in [-0.05, 0) is 265 Å². The second kappa shape index (κ2) is 31.2. The Morgan fingerprint density at radius 2 is 0.416 bits per heavy atom. The summed E-state index contributed by atoms with van der Waals surface area (Å²) in [7, 11) is 0. The monoisotopic (exact) mass is 1760 g/mol. The average Bonchev–Trinajstić information content (AvgIpc) is 1.52. The Balaban J connectivity index is 0.000000142. The molecule has 6 heteroatoms. The summed E-state index contributed by atoms with van der Waals surface area (Å²) >= 11 is 0. The van der Waals surface area contributed by atoms with E-state index in [1.54, 1.807) is 0 Å². The quantitative estimate of drug-likeness (QED) is 0.115. The minimum absolute atomic E-state index is 0.132. The fourth-order valence-corrected chi connectivity index (χ4v) is 23.9. The van der Waals surface area contributed by atoms with Crippen molar-refractivity contribution in [3.8, 4) is 135 Å². The second-order valence-electron chi connectivity index (χ2n) is 38.8. The van der Waals surface area contributed by atoms with Crippen LogP contribution in [0.1, 0.15) is 119 Å². The lowest BCUT2D eigenvalue weighted by Gasteiger charge is -2.35. The molecule has 2 aliphatic heterocycles. The van der Waals surface area contributed by atoms with Crippen molar-refractivity contribution in [3.63, 3.8) is 0 Å². The zero-order valence-corrected chi connectivity index (χ0v) is 76.9. The number of hydrogen-bond donors (Lipinski definition) is 0. The summed E-state index contributed by atoms with van der Waals surface area (Å²) in [5.41, 5.74) is 41.8. The average molecular weight is 1760 g/mol. The molecule has 6 nitrogen and oxygen atoms in total. The summed E-state index contributed by atoms with van der Waals surface area (Å²) in [5.74, 6) is 5.88. The molecule has 20 aromatic rings. The first-order chi connectivity index (χ1) is 67.2. The summed E-state index contributed by atoms with van der Waals surface area (Å²) in [4.78, 5) is 4.86. The van der Waals surface area contributed by atoms with Crippen molar-refractivity contribution in [2.75, 3.05) is 9.80 Å². The van der Waals surface area contributed by atoms with Crippen molar-refractivity contribution < 1.29 is 18.9 Å². The fourth-order valence-electron chi connectivity index (χ4n) is 23.9. The second-order valence-corrected chi connectivity index (χ2v) is 38.8. The minimum Gasteiger partial charge on any atom is -0.449 e. The third-order valence-electron chi connectivity index (χ3n) is 30.5. The van der Waals surface area contributed by atoms with E-state index in [-0.39, 0.29) is 16.2 Å². The molecule has 137 heavy (non-hydrogen) atoms. The van der Waals surface area contributed by atoms with Gasteiger partial charge in [-0.2, -0.15) is 0 Å². The molecule has 5 aliphatic carbocycles. The third kappa shape index (κ3) is 12.4. The first-order valence-corrected chi connectivity index (χ1v) is 47.6. The minimum atomic E-state index is -0.628. The van der Waals surface area contributed by atoms with Gasteiger partial charge in [0.1, 0.15) is 0 Å². The number of hydrogen-bond acceptors (Lipinski definition) is 6. The van der Waals surface area contributed by atoms with E-state index in [0.29, 0.717) is 0 Å². The Labute approximate surface area is 799 Å². The van der Waals surface area contributed by atoms with Crippen molar-refractivity contribution in [1.29, 1.82) is 0 Å². The SMILES string of the molecule is CC1(C)c2cc(N(c3ccc(-c4ccccc4)cc3)c3ccc(-c4ccccc4)cc3)ccc2-c2ccc(C3(c4ccccc4)c4ccccc4-c4c3ccc3c4Oc4ccccc4O3)cc21.CC1(C)c2ccccc2-c2ccc(N(c3ccc(-c4ccccc4)cc3)c3ccc4c(c3)C(C)(C)c3cc(C5(c6ccccc6)c6ccccc6-c6c5ccc5c6Oc6ccccc6O5)ccc3-4)cc21. The van der Waals surface area contributed by atoms with Crippen LogP contribution in [-0.2, 0) is 27.1 Å². The van der Waals surface area contributed by atoms with Crippen LogP contribution in [0.4, 0.5) is 34.1 Å². The van der Waals surface area contributed by atoms with E-state index in [2.05, 4.69) is 464 Å². The highest BCUT2D eigenvalue weighted by Gasteiger charge is 2.53. The summed E-state index contributed by atoms with van der Waals surface area (Å²) in [6.07, 6.45) is 0. The van der Waals surface area contributed by atoms with Crippen LogP contribution in [-0.4, -0.2) is 0 Å². The predicted molar refractivity (Wildman–Crippen MR) is 559 cm³/mol. The summed E-state index contributed by atoms with van der Waals surface area (Å²) in [6, 6.07) is 168. The van der Waals surface area contributed by atoms with Crippen LogP contribution in [0.15, 0.2) is 461 Å². The Hall–Kier alpha value is -16.8. The number of rotatable bonds is 13. The van der Waals surface area contributed by atoms with Crippen LogP contribution < -0.4 is 28.7 Å². The number of nitrogens with zero attached hydrogens (tertiary/aromatic N) is 2. The van der Waals surface area contributed by atoms with Crippen molar-refractivity contribution in [2.24, 2.45) is 0 Å². The Bertz CT molecular complexity index is 8190. The van der Waals surface area contributed by atoms with E-state index in [1.807, 2.05) is 48.5 Å². The van der Waals surface area contributed by atoms with E-state index in [1.165, 1.54) is 145 Å². The van der Waals surface area contributed by atoms with Gasteiger partial charge in [0.25, 0.3) is 0 Å². The maximum atomic E-state index is 6.83. The van der Waals surface area contributed by atoms with Crippen LogP contribution >= 0.6 is 0 Å². The number of anilines is 6. The van der Waals surface area contributed by atoms with Crippen molar-refractivity contribution in [3.05, 3.63) is 539 Å². The molecule has 0 amide bonds. The molecule has 2 heterocycles. The topological polar surface area (TPSA) is 43.4 Å². The van der Waals surface area contributed by atoms with Gasteiger partial charge in [-0.3, -0.25) is 0 Å². The third-order valence-corrected chi connectivity index (χ3v) is 30.5. The standard InChI is InChI=1S/C67H49NO2.C64H45NO2/c1-65(2)54-23-13-11-21-49(54)51-35-32-47(40-58(51)65)68(46-30-27-43(28-31-46)42-17-7-5-8-18-42)48-33-36-52-50-34-29-45(39-57(50)66(3,4)59(52)41-48)67(44-19-9-6-10-20-44)55-24-14-12-22-53(55)63-56(67)37-38-62-64(63)70-61-26-16-15-25-60(61)69-62;1-63(2)56-40-47(64(46-20-10-5-11-21-46)54-23-13-12-22-53(54)61-55(64)38-39-60-62(61)67-59-25-15-14-24-58(59)66-60)30-36-51(56)52-37-35-50(41-57(52)63)65(48-31-26-44(27-32-48)42-16-6-3-7-17-42)49-33-28-45(29-34-49)43-18-8-4-9-19-43/h5-41H,1-4H3;3-41H,1-2H3. The molecule has 0 saturated heterocycles. The molecule has 2 unspecified atom stereocenters. The Morgan fingerprint density at radius 1 is 0.161 bits per heavy atom. The number of para-hydroxylation sites is 4. The van der Waals surface area contributed by atoms with Crippen molar-refractivity contribution in [1.82, 2.24) is 0 Å². The van der Waals surface area contributed by atoms with E-state index in [4.69, 9.17) is 18.9 Å². The van der Waals surface area contributed by atoms with Gasteiger partial charge in [0.05, 0.1) is 10.8 Å². The highest BCUT2D eigenvalue weighted by atomic mass is 16.6. The molecule has 0 fully saturated rings. The zero-order chi connectivity index (χ0) is 91.6. The van der Waals surface area contributed by atoms with Gasteiger partial charge in [-0.15, -0.1) is 0 Å². The molecule has 0 saturated carbocycles. The van der Waals surface area contributed by atoms with E-state index in [0.717, 1.165) is 102 Å². The number of ether oxygens (including phenoxy) is 4. The normalized spacial score (nSPS) is 16.0. The number of fused-ring (bicyclic) bond motifs is 21. The molecule has 0 spiro atoms. The van der Waals surface area contributed by atoms with E-state index >= 15 is 0 Å². The molecule has 7 aliphatic rings. The van der Waals surface area contributed by atoms with Crippen LogP contribution in [0.5, 0.6) is 46.0 Å². The van der Waals surface area contributed by atoms with Gasteiger partial charge in [0, 0.05) is 61.5 Å². The van der Waals surface area contributed by atoms with E-state index < -0.39 is 10.8 Å². The summed E-state index contributed by atoms with van der Waals surface area (Å²) < 4.78 is 26.7. The van der Waals surface area contributed by atoms with Crippen LogP contribution in [0, 0.1) is 0 Å². The molecule has 0 N–H and O–H groups in total. The van der Waals surface area contributed by atoms with E-state index in [9.17, 15) is 0 Å². The van der Waals surface area contributed by atoms with Gasteiger partial charge < -0.3 is 28.7 Å². The maximum absolute atomic E-state index is 6.83.